The normalized spacial score (nSPS) is 21.0. The van der Waals surface area contributed by atoms with E-state index >= 15 is 0 Å². The van der Waals surface area contributed by atoms with Gasteiger partial charge in [0.15, 0.2) is 9.84 Å². The number of nitrogens with two attached hydrogens (primary N) is 1. The molecule has 1 heterocycles. The molecule has 1 aromatic carbocycles. The Balaban J connectivity index is 0.00000162. The fourth-order valence-electron chi connectivity index (χ4n) is 1.76. The zero-order valence-electron chi connectivity index (χ0n) is 9.63. The molecule has 1 aliphatic heterocycles. The Labute approximate surface area is 112 Å². The topological polar surface area (TPSA) is 93.2 Å². The maximum absolute atomic E-state index is 11.2. The first-order chi connectivity index (χ1) is 7.96. The highest BCUT2D eigenvalue weighted by atomic mass is 35.5. The highest BCUT2D eigenvalue weighted by Crippen LogP contribution is 2.20. The SMILES string of the molecule is Cl.N=C(N)c1ccc(OC2CCS(=O)(=O)C2)cc1. The van der Waals surface area contributed by atoms with Crippen molar-refractivity contribution in [3.63, 3.8) is 0 Å². The van der Waals surface area contributed by atoms with Crippen LogP contribution in [0, 0.1) is 5.41 Å². The average molecular weight is 291 g/mol. The number of nitrogens with one attached hydrogen (secondary N) is 1. The van der Waals surface area contributed by atoms with Gasteiger partial charge in [-0.2, -0.15) is 0 Å². The third-order valence-electron chi connectivity index (χ3n) is 2.66. The van der Waals surface area contributed by atoms with Crippen LogP contribution in [0.25, 0.3) is 0 Å². The van der Waals surface area contributed by atoms with E-state index in [1.54, 1.807) is 24.3 Å². The van der Waals surface area contributed by atoms with Crippen molar-refractivity contribution in [1.29, 1.82) is 5.41 Å². The van der Waals surface area contributed by atoms with Crippen molar-refractivity contribution in [1.82, 2.24) is 0 Å². The molecule has 18 heavy (non-hydrogen) atoms. The zero-order chi connectivity index (χ0) is 12.5. The first-order valence-corrected chi connectivity index (χ1v) is 7.10. The predicted molar refractivity (Wildman–Crippen MR) is 72.4 cm³/mol. The number of halogens is 1. The van der Waals surface area contributed by atoms with Crippen LogP contribution in [0.3, 0.4) is 0 Å². The van der Waals surface area contributed by atoms with Crippen molar-refractivity contribution in [2.75, 3.05) is 11.5 Å². The van der Waals surface area contributed by atoms with E-state index in [-0.39, 0.29) is 35.9 Å². The van der Waals surface area contributed by atoms with Crippen LogP contribution in [0.1, 0.15) is 12.0 Å². The summed E-state index contributed by atoms with van der Waals surface area (Å²) in [7, 11) is -2.92. The van der Waals surface area contributed by atoms with Crippen LogP contribution in [-0.2, 0) is 9.84 Å². The van der Waals surface area contributed by atoms with Crippen molar-refractivity contribution < 1.29 is 13.2 Å². The molecule has 0 amide bonds. The Morgan fingerprint density at radius 1 is 1.33 bits per heavy atom. The van der Waals surface area contributed by atoms with Crippen LogP contribution in [0.15, 0.2) is 24.3 Å². The number of sulfone groups is 1. The molecular weight excluding hydrogens is 276 g/mol. The van der Waals surface area contributed by atoms with Gasteiger partial charge in [0.05, 0.1) is 11.5 Å². The molecule has 1 aromatic rings. The van der Waals surface area contributed by atoms with Crippen LogP contribution in [0.5, 0.6) is 5.75 Å². The Hall–Kier alpha value is -1.27. The minimum absolute atomic E-state index is 0. The third-order valence-corrected chi connectivity index (χ3v) is 4.40. The number of hydrogen-bond acceptors (Lipinski definition) is 4. The van der Waals surface area contributed by atoms with Gasteiger partial charge in [0.25, 0.3) is 0 Å². The smallest absolute Gasteiger partial charge is 0.154 e. The zero-order valence-corrected chi connectivity index (χ0v) is 11.3. The van der Waals surface area contributed by atoms with Gasteiger partial charge < -0.3 is 10.5 Å². The largest absolute Gasteiger partial charge is 0.489 e. The fourth-order valence-corrected chi connectivity index (χ4v) is 3.35. The van der Waals surface area contributed by atoms with Crippen molar-refractivity contribution in [3.05, 3.63) is 29.8 Å². The number of benzene rings is 1. The summed E-state index contributed by atoms with van der Waals surface area (Å²) in [5, 5.41) is 7.24. The van der Waals surface area contributed by atoms with Gasteiger partial charge in [-0.25, -0.2) is 8.42 Å². The molecular formula is C11H15ClN2O3S. The predicted octanol–water partition coefficient (Wildman–Crippen LogP) is 0.958. The molecule has 0 bridgehead atoms. The van der Waals surface area contributed by atoms with Gasteiger partial charge >= 0.3 is 0 Å². The molecule has 0 radical (unpaired) electrons. The van der Waals surface area contributed by atoms with Crippen molar-refractivity contribution in [2.45, 2.75) is 12.5 Å². The van der Waals surface area contributed by atoms with E-state index in [9.17, 15) is 8.42 Å². The number of rotatable bonds is 3. The second-order valence-corrected chi connectivity index (χ2v) is 6.31. The molecule has 7 heteroatoms. The third kappa shape index (κ3) is 3.61. The van der Waals surface area contributed by atoms with E-state index in [1.165, 1.54) is 0 Å². The molecule has 0 aromatic heterocycles. The quantitative estimate of drug-likeness (QED) is 0.640. The minimum atomic E-state index is -2.92. The molecule has 100 valence electrons. The standard InChI is InChI=1S/C11H14N2O3S.ClH/c12-11(13)8-1-3-9(4-2-8)16-10-5-6-17(14,15)7-10;/h1-4,10H,5-7H2,(H3,12,13);1H. The molecule has 3 N–H and O–H groups in total. The first-order valence-electron chi connectivity index (χ1n) is 5.28. The van der Waals surface area contributed by atoms with Crippen LogP contribution in [-0.4, -0.2) is 31.9 Å². The Morgan fingerprint density at radius 3 is 2.39 bits per heavy atom. The average Bonchev–Trinajstić information content (AvgIpc) is 2.59. The summed E-state index contributed by atoms with van der Waals surface area (Å²) in [4.78, 5) is 0. The molecule has 1 saturated heterocycles. The second-order valence-electron chi connectivity index (χ2n) is 4.08. The summed E-state index contributed by atoms with van der Waals surface area (Å²) in [6.07, 6.45) is 0.278. The highest BCUT2D eigenvalue weighted by molar-refractivity contribution is 7.91. The lowest BCUT2D eigenvalue weighted by Crippen LogP contribution is -2.17. The maximum atomic E-state index is 11.2. The van der Waals surface area contributed by atoms with Crippen LogP contribution in [0.2, 0.25) is 0 Å². The fraction of sp³-hybridized carbons (Fsp3) is 0.364. The molecule has 0 saturated carbocycles. The van der Waals surface area contributed by atoms with Gasteiger partial charge in [0, 0.05) is 5.56 Å². The second kappa shape index (κ2) is 5.58. The summed E-state index contributed by atoms with van der Waals surface area (Å²) >= 11 is 0. The maximum Gasteiger partial charge on any atom is 0.154 e. The van der Waals surface area contributed by atoms with Crippen molar-refractivity contribution in [3.8, 4) is 5.75 Å². The van der Waals surface area contributed by atoms with E-state index in [0.29, 0.717) is 17.7 Å². The van der Waals surface area contributed by atoms with Gasteiger partial charge in [0.1, 0.15) is 17.7 Å². The Kier molecular flexibility index (Phi) is 4.59. The van der Waals surface area contributed by atoms with Crippen LogP contribution < -0.4 is 10.5 Å². The summed E-state index contributed by atoms with van der Waals surface area (Å²) < 4.78 is 28.1. The summed E-state index contributed by atoms with van der Waals surface area (Å²) in [6.45, 7) is 0. The lowest BCUT2D eigenvalue weighted by Gasteiger charge is -2.12. The van der Waals surface area contributed by atoms with Gasteiger partial charge in [-0.15, -0.1) is 12.4 Å². The van der Waals surface area contributed by atoms with Crippen molar-refractivity contribution >= 4 is 28.1 Å². The summed E-state index contributed by atoms with van der Waals surface area (Å²) in [6, 6.07) is 6.76. The number of ether oxygens (including phenoxy) is 1. The highest BCUT2D eigenvalue weighted by Gasteiger charge is 2.29. The van der Waals surface area contributed by atoms with Crippen LogP contribution >= 0.6 is 12.4 Å². The van der Waals surface area contributed by atoms with E-state index in [2.05, 4.69) is 0 Å². The van der Waals surface area contributed by atoms with Crippen LogP contribution in [0.4, 0.5) is 0 Å². The van der Waals surface area contributed by atoms with Gasteiger partial charge in [-0.3, -0.25) is 5.41 Å². The Morgan fingerprint density at radius 2 is 1.94 bits per heavy atom. The number of hydrogen-bond donors (Lipinski definition) is 2. The molecule has 5 nitrogen and oxygen atoms in total. The molecule has 0 spiro atoms. The molecule has 1 fully saturated rings. The van der Waals surface area contributed by atoms with E-state index in [0.717, 1.165) is 0 Å². The monoisotopic (exact) mass is 290 g/mol. The molecule has 2 rings (SSSR count). The summed E-state index contributed by atoms with van der Waals surface area (Å²) in [5.41, 5.74) is 5.95. The molecule has 1 unspecified atom stereocenters. The minimum Gasteiger partial charge on any atom is -0.489 e. The lowest BCUT2D eigenvalue weighted by atomic mass is 10.2. The van der Waals surface area contributed by atoms with E-state index < -0.39 is 9.84 Å². The molecule has 0 aliphatic carbocycles. The van der Waals surface area contributed by atoms with E-state index in [1.807, 2.05) is 0 Å². The van der Waals surface area contributed by atoms with Gasteiger partial charge in [-0.1, -0.05) is 0 Å². The van der Waals surface area contributed by atoms with Gasteiger partial charge in [0.2, 0.25) is 0 Å². The first kappa shape index (κ1) is 14.8. The lowest BCUT2D eigenvalue weighted by molar-refractivity contribution is 0.229. The molecule has 1 aliphatic rings. The Bertz CT molecular complexity index is 528. The summed E-state index contributed by atoms with van der Waals surface area (Å²) in [5.74, 6) is 0.891. The van der Waals surface area contributed by atoms with Crippen molar-refractivity contribution in [2.24, 2.45) is 5.73 Å². The number of amidine groups is 1. The van der Waals surface area contributed by atoms with Gasteiger partial charge in [-0.05, 0) is 30.7 Å². The number of nitrogen functional groups attached to an aromatic ring is 1. The molecule has 1 atom stereocenters. The van der Waals surface area contributed by atoms with E-state index in [4.69, 9.17) is 15.9 Å².